The van der Waals surface area contributed by atoms with Crippen LogP contribution < -0.4 is 5.32 Å². The highest BCUT2D eigenvalue weighted by Crippen LogP contribution is 2.34. The van der Waals surface area contributed by atoms with Crippen LogP contribution in [0.5, 0.6) is 0 Å². The zero-order chi connectivity index (χ0) is 17.6. The highest BCUT2D eigenvalue weighted by atomic mass is 19.4. The molecule has 0 bridgehead atoms. The van der Waals surface area contributed by atoms with Gasteiger partial charge in [-0.3, -0.25) is 4.90 Å². The fourth-order valence-corrected chi connectivity index (χ4v) is 3.15. The second-order valence-corrected chi connectivity index (χ2v) is 6.11. The van der Waals surface area contributed by atoms with E-state index in [1.165, 1.54) is 6.07 Å². The first kappa shape index (κ1) is 18.9. The Morgan fingerprint density at radius 1 is 1.21 bits per heavy atom. The Hall–Kier alpha value is -1.40. The number of nitrogens with zero attached hydrogens (tertiary/aromatic N) is 1. The molecular formula is C18H24F4N2. The van der Waals surface area contributed by atoms with E-state index in [4.69, 9.17) is 0 Å². The maximum atomic E-state index is 14.0. The van der Waals surface area contributed by atoms with Crippen LogP contribution in [0.2, 0.25) is 0 Å². The number of halogens is 4. The molecule has 1 atom stereocenters. The molecule has 0 aromatic heterocycles. The summed E-state index contributed by atoms with van der Waals surface area (Å²) >= 11 is 0. The Kier molecular flexibility index (Phi) is 6.80. The van der Waals surface area contributed by atoms with Crippen molar-refractivity contribution in [3.8, 4) is 0 Å². The fraction of sp³-hybridized carbons (Fsp3) is 0.556. The summed E-state index contributed by atoms with van der Waals surface area (Å²) in [7, 11) is 0. The van der Waals surface area contributed by atoms with Crippen LogP contribution in [-0.4, -0.2) is 31.1 Å². The van der Waals surface area contributed by atoms with Gasteiger partial charge in [-0.25, -0.2) is 4.39 Å². The second kappa shape index (κ2) is 8.62. The normalized spacial score (nSPS) is 17.7. The van der Waals surface area contributed by atoms with E-state index in [1.807, 2.05) is 6.08 Å². The molecule has 6 heteroatoms. The smallest absolute Gasteiger partial charge is 0.314 e. The van der Waals surface area contributed by atoms with Crippen LogP contribution in [0.1, 0.15) is 42.9 Å². The molecule has 0 radical (unpaired) electrons. The monoisotopic (exact) mass is 344 g/mol. The summed E-state index contributed by atoms with van der Waals surface area (Å²) < 4.78 is 52.2. The summed E-state index contributed by atoms with van der Waals surface area (Å²) in [6.45, 7) is 7.00. The van der Waals surface area contributed by atoms with E-state index in [2.05, 4.69) is 16.8 Å². The zero-order valence-corrected chi connectivity index (χ0v) is 13.7. The molecule has 1 aliphatic heterocycles. The molecule has 1 fully saturated rings. The highest BCUT2D eigenvalue weighted by Gasteiger charge is 2.34. The van der Waals surface area contributed by atoms with Gasteiger partial charge in [0.1, 0.15) is 5.82 Å². The molecule has 0 saturated carbocycles. The lowest BCUT2D eigenvalue weighted by Crippen LogP contribution is -2.45. The first-order valence-electron chi connectivity index (χ1n) is 8.36. The molecule has 134 valence electrons. The van der Waals surface area contributed by atoms with Crippen LogP contribution in [0, 0.1) is 5.82 Å². The Balaban J connectivity index is 2.18. The van der Waals surface area contributed by atoms with Gasteiger partial charge in [0.05, 0.1) is 5.56 Å². The van der Waals surface area contributed by atoms with Crippen molar-refractivity contribution in [1.82, 2.24) is 10.2 Å². The average molecular weight is 344 g/mol. The number of hydrogen-bond acceptors (Lipinski definition) is 2. The topological polar surface area (TPSA) is 15.3 Å². The largest absolute Gasteiger partial charge is 0.419 e. The van der Waals surface area contributed by atoms with E-state index in [1.54, 1.807) is 0 Å². The fourth-order valence-electron chi connectivity index (χ4n) is 3.15. The highest BCUT2D eigenvalue weighted by molar-refractivity contribution is 5.28. The minimum atomic E-state index is -4.66. The lowest BCUT2D eigenvalue weighted by molar-refractivity contribution is -0.140. The third-order valence-corrected chi connectivity index (χ3v) is 4.41. The molecule has 0 amide bonds. The minimum Gasteiger partial charge on any atom is -0.314 e. The molecule has 0 spiro atoms. The first-order chi connectivity index (χ1) is 11.4. The van der Waals surface area contributed by atoms with E-state index >= 15 is 0 Å². The number of alkyl halides is 3. The molecule has 0 unspecified atom stereocenters. The quantitative estimate of drug-likeness (QED) is 0.444. The van der Waals surface area contributed by atoms with Gasteiger partial charge in [-0.1, -0.05) is 18.6 Å². The van der Waals surface area contributed by atoms with Crippen molar-refractivity contribution in [1.29, 1.82) is 0 Å². The van der Waals surface area contributed by atoms with E-state index in [0.717, 1.165) is 64.0 Å². The second-order valence-electron chi connectivity index (χ2n) is 6.11. The van der Waals surface area contributed by atoms with Gasteiger partial charge in [0, 0.05) is 32.2 Å². The SMILES string of the molecule is C=CCCCC[C@@H](c1ccc(C(F)(F)F)c(F)c1)N1CCNCC1. The lowest BCUT2D eigenvalue weighted by Gasteiger charge is -2.35. The van der Waals surface area contributed by atoms with Crippen LogP contribution >= 0.6 is 0 Å². The molecule has 2 rings (SSSR count). The van der Waals surface area contributed by atoms with Gasteiger partial charge in [0.2, 0.25) is 0 Å². The molecule has 1 N–H and O–H groups in total. The Bertz CT molecular complexity index is 536. The van der Waals surface area contributed by atoms with E-state index in [0.29, 0.717) is 5.56 Å². The Labute approximate surface area is 140 Å². The van der Waals surface area contributed by atoms with Crippen molar-refractivity contribution in [3.05, 3.63) is 47.8 Å². The predicted octanol–water partition coefficient (Wildman–Crippen LogP) is 4.54. The number of rotatable bonds is 7. The lowest BCUT2D eigenvalue weighted by atomic mass is 9.96. The summed E-state index contributed by atoms with van der Waals surface area (Å²) in [5.74, 6) is -1.19. The maximum absolute atomic E-state index is 14.0. The van der Waals surface area contributed by atoms with Gasteiger partial charge in [-0.2, -0.15) is 13.2 Å². The number of allylic oxidation sites excluding steroid dienone is 1. The van der Waals surface area contributed by atoms with Gasteiger partial charge >= 0.3 is 6.18 Å². The zero-order valence-electron chi connectivity index (χ0n) is 13.7. The summed E-state index contributed by atoms with van der Waals surface area (Å²) in [5.41, 5.74) is -0.571. The summed E-state index contributed by atoms with van der Waals surface area (Å²) in [6.07, 6.45) is 0.835. The predicted molar refractivity (Wildman–Crippen MR) is 87.3 cm³/mol. The van der Waals surface area contributed by atoms with Gasteiger partial charge < -0.3 is 5.32 Å². The molecule has 24 heavy (non-hydrogen) atoms. The van der Waals surface area contributed by atoms with Gasteiger partial charge in [0.25, 0.3) is 0 Å². The van der Waals surface area contributed by atoms with Gasteiger partial charge in [0.15, 0.2) is 0 Å². The van der Waals surface area contributed by atoms with Crippen LogP contribution in [0.15, 0.2) is 30.9 Å². The standard InChI is InChI=1S/C18H24F4N2/c1-2-3-4-5-6-17(24-11-9-23-10-12-24)14-7-8-15(16(19)13-14)18(20,21)22/h2,7-8,13,17,23H,1,3-6,9-12H2/t17-/m0/s1. The molecular weight excluding hydrogens is 320 g/mol. The maximum Gasteiger partial charge on any atom is 0.419 e. The van der Waals surface area contributed by atoms with Gasteiger partial charge in [-0.05, 0) is 37.0 Å². The minimum absolute atomic E-state index is 0.0475. The molecule has 2 nitrogen and oxygen atoms in total. The van der Waals surface area contributed by atoms with Crippen molar-refractivity contribution in [3.63, 3.8) is 0 Å². The number of benzene rings is 1. The van der Waals surface area contributed by atoms with E-state index < -0.39 is 17.6 Å². The number of unbranched alkanes of at least 4 members (excludes halogenated alkanes) is 2. The molecule has 1 aromatic carbocycles. The third-order valence-electron chi connectivity index (χ3n) is 4.41. The van der Waals surface area contributed by atoms with Gasteiger partial charge in [-0.15, -0.1) is 6.58 Å². The van der Waals surface area contributed by atoms with Crippen LogP contribution in [0.25, 0.3) is 0 Å². The molecule has 1 saturated heterocycles. The van der Waals surface area contributed by atoms with Crippen molar-refractivity contribution in [2.45, 2.75) is 37.9 Å². The van der Waals surface area contributed by atoms with Crippen molar-refractivity contribution in [2.24, 2.45) is 0 Å². The summed E-state index contributed by atoms with van der Waals surface area (Å²) in [4.78, 5) is 2.23. The number of piperazine rings is 1. The van der Waals surface area contributed by atoms with Crippen LogP contribution in [-0.2, 0) is 6.18 Å². The first-order valence-corrected chi connectivity index (χ1v) is 8.36. The van der Waals surface area contributed by atoms with E-state index in [-0.39, 0.29) is 6.04 Å². The van der Waals surface area contributed by atoms with Crippen LogP contribution in [0.4, 0.5) is 17.6 Å². The molecule has 1 aliphatic rings. The number of hydrogen-bond donors (Lipinski definition) is 1. The molecule has 0 aliphatic carbocycles. The van der Waals surface area contributed by atoms with E-state index in [9.17, 15) is 17.6 Å². The Morgan fingerprint density at radius 3 is 2.50 bits per heavy atom. The average Bonchev–Trinajstić information content (AvgIpc) is 2.54. The summed E-state index contributed by atoms with van der Waals surface area (Å²) in [6, 6.07) is 3.30. The number of nitrogens with one attached hydrogen (secondary N) is 1. The third kappa shape index (κ3) is 5.05. The summed E-state index contributed by atoms with van der Waals surface area (Å²) in [5, 5.41) is 3.26. The van der Waals surface area contributed by atoms with Crippen LogP contribution in [0.3, 0.4) is 0 Å². The van der Waals surface area contributed by atoms with Crippen molar-refractivity contribution < 1.29 is 17.6 Å². The molecule has 1 aromatic rings. The Morgan fingerprint density at radius 2 is 1.92 bits per heavy atom. The van der Waals surface area contributed by atoms with Crippen molar-refractivity contribution >= 4 is 0 Å². The van der Waals surface area contributed by atoms with Crippen molar-refractivity contribution in [2.75, 3.05) is 26.2 Å². The molecule has 1 heterocycles.